The van der Waals surface area contributed by atoms with Crippen LogP contribution in [0.2, 0.25) is 0 Å². The summed E-state index contributed by atoms with van der Waals surface area (Å²) >= 11 is 3.38. The van der Waals surface area contributed by atoms with Gasteiger partial charge in [0.25, 0.3) is 0 Å². The molecule has 0 saturated carbocycles. The second-order valence-corrected chi connectivity index (χ2v) is 5.29. The molecule has 0 aliphatic carbocycles. The number of hydrogen-bond donors (Lipinski definition) is 2. The van der Waals surface area contributed by atoms with Crippen molar-refractivity contribution in [1.82, 2.24) is 10.3 Å². The predicted octanol–water partition coefficient (Wildman–Crippen LogP) is 2.37. The highest BCUT2D eigenvalue weighted by Crippen LogP contribution is 2.17. The lowest BCUT2D eigenvalue weighted by molar-refractivity contribution is 0.106. The highest BCUT2D eigenvalue weighted by atomic mass is 79.9. The third-order valence-electron chi connectivity index (χ3n) is 2.65. The zero-order chi connectivity index (χ0) is 14.2. The third kappa shape index (κ3) is 5.28. The molecule has 0 amide bonds. The number of aliphatic hydroxyl groups excluding tert-OH is 1. The summed E-state index contributed by atoms with van der Waals surface area (Å²) in [7, 11) is 0. The fraction of sp³-hybridized carbons (Fsp3) is 0.267. The SMILES string of the molecule is OC(CNCc1ccccn1)COc1cccc(Br)c1. The number of ether oxygens (including phenoxy) is 1. The first kappa shape index (κ1) is 15.0. The number of nitrogens with zero attached hydrogens (tertiary/aromatic N) is 1. The highest BCUT2D eigenvalue weighted by molar-refractivity contribution is 9.10. The number of aliphatic hydroxyl groups is 1. The van der Waals surface area contributed by atoms with Crippen molar-refractivity contribution in [2.45, 2.75) is 12.6 Å². The molecule has 2 rings (SSSR count). The van der Waals surface area contributed by atoms with E-state index in [-0.39, 0.29) is 6.61 Å². The second-order valence-electron chi connectivity index (χ2n) is 4.37. The van der Waals surface area contributed by atoms with Gasteiger partial charge in [-0.2, -0.15) is 0 Å². The van der Waals surface area contributed by atoms with Gasteiger partial charge < -0.3 is 15.2 Å². The summed E-state index contributed by atoms with van der Waals surface area (Å²) in [6, 6.07) is 13.3. The summed E-state index contributed by atoms with van der Waals surface area (Å²) in [5.74, 6) is 0.739. The maximum atomic E-state index is 9.84. The van der Waals surface area contributed by atoms with E-state index < -0.39 is 6.10 Å². The lowest BCUT2D eigenvalue weighted by Crippen LogP contribution is -2.31. The minimum absolute atomic E-state index is 0.256. The van der Waals surface area contributed by atoms with E-state index in [9.17, 15) is 5.11 Å². The Morgan fingerprint density at radius 1 is 1.25 bits per heavy atom. The van der Waals surface area contributed by atoms with Crippen LogP contribution in [-0.4, -0.2) is 29.3 Å². The predicted molar refractivity (Wildman–Crippen MR) is 81.6 cm³/mol. The van der Waals surface area contributed by atoms with Crippen molar-refractivity contribution in [1.29, 1.82) is 0 Å². The molecule has 0 bridgehead atoms. The molecule has 0 aliphatic heterocycles. The van der Waals surface area contributed by atoms with Crippen LogP contribution in [0.25, 0.3) is 0 Å². The van der Waals surface area contributed by atoms with E-state index in [1.54, 1.807) is 6.20 Å². The molecule has 1 unspecified atom stereocenters. The Labute approximate surface area is 126 Å². The second kappa shape index (κ2) is 7.99. The van der Waals surface area contributed by atoms with Crippen molar-refractivity contribution < 1.29 is 9.84 Å². The normalized spacial score (nSPS) is 12.1. The van der Waals surface area contributed by atoms with Gasteiger partial charge in [0.05, 0.1) is 5.69 Å². The molecule has 4 nitrogen and oxygen atoms in total. The first-order chi connectivity index (χ1) is 9.74. The lowest BCUT2D eigenvalue weighted by Gasteiger charge is -2.13. The summed E-state index contributed by atoms with van der Waals surface area (Å²) in [5.41, 5.74) is 0.951. The molecular formula is C15H17BrN2O2. The number of rotatable bonds is 7. The smallest absolute Gasteiger partial charge is 0.120 e. The van der Waals surface area contributed by atoms with Crippen molar-refractivity contribution in [3.05, 3.63) is 58.8 Å². The van der Waals surface area contributed by atoms with Gasteiger partial charge in [-0.15, -0.1) is 0 Å². The average molecular weight is 337 g/mol. The van der Waals surface area contributed by atoms with Crippen molar-refractivity contribution in [2.24, 2.45) is 0 Å². The van der Waals surface area contributed by atoms with E-state index in [0.717, 1.165) is 15.9 Å². The Kier molecular flexibility index (Phi) is 5.98. The molecule has 0 spiro atoms. The van der Waals surface area contributed by atoms with Crippen LogP contribution in [0.5, 0.6) is 5.75 Å². The zero-order valence-electron chi connectivity index (χ0n) is 11.0. The third-order valence-corrected chi connectivity index (χ3v) is 3.14. The molecule has 106 valence electrons. The fourth-order valence-electron chi connectivity index (χ4n) is 1.68. The molecule has 0 fully saturated rings. The summed E-state index contributed by atoms with van der Waals surface area (Å²) in [4.78, 5) is 4.20. The first-order valence-corrected chi connectivity index (χ1v) is 7.20. The molecule has 0 aliphatic rings. The van der Waals surface area contributed by atoms with Gasteiger partial charge >= 0.3 is 0 Å². The van der Waals surface area contributed by atoms with Crippen LogP contribution in [0.3, 0.4) is 0 Å². The monoisotopic (exact) mass is 336 g/mol. The molecule has 5 heteroatoms. The van der Waals surface area contributed by atoms with Gasteiger partial charge in [-0.25, -0.2) is 0 Å². The minimum Gasteiger partial charge on any atom is -0.491 e. The largest absolute Gasteiger partial charge is 0.491 e. The van der Waals surface area contributed by atoms with Crippen LogP contribution in [0, 0.1) is 0 Å². The lowest BCUT2D eigenvalue weighted by atomic mass is 10.3. The Hall–Kier alpha value is -1.43. The molecule has 1 aromatic carbocycles. The van der Waals surface area contributed by atoms with Gasteiger partial charge in [-0.1, -0.05) is 28.1 Å². The number of hydrogen-bond acceptors (Lipinski definition) is 4. The average Bonchev–Trinajstić information content (AvgIpc) is 2.46. The standard InChI is InChI=1S/C15H17BrN2O2/c16-12-4-3-6-15(8-12)20-11-14(19)10-17-9-13-5-1-2-7-18-13/h1-8,14,17,19H,9-11H2. The topological polar surface area (TPSA) is 54.4 Å². The first-order valence-electron chi connectivity index (χ1n) is 6.41. The van der Waals surface area contributed by atoms with Crippen LogP contribution in [0.4, 0.5) is 0 Å². The molecule has 0 saturated heterocycles. The van der Waals surface area contributed by atoms with Crippen LogP contribution in [0.15, 0.2) is 53.1 Å². The zero-order valence-corrected chi connectivity index (χ0v) is 12.6. The van der Waals surface area contributed by atoms with Crippen LogP contribution < -0.4 is 10.1 Å². The molecule has 20 heavy (non-hydrogen) atoms. The quantitative estimate of drug-likeness (QED) is 0.815. The van der Waals surface area contributed by atoms with E-state index in [0.29, 0.717) is 13.1 Å². The molecule has 2 aromatic rings. The van der Waals surface area contributed by atoms with Gasteiger partial charge in [0, 0.05) is 23.8 Å². The van der Waals surface area contributed by atoms with E-state index in [1.165, 1.54) is 0 Å². The maximum Gasteiger partial charge on any atom is 0.120 e. The van der Waals surface area contributed by atoms with Crippen molar-refractivity contribution in [3.63, 3.8) is 0 Å². The van der Waals surface area contributed by atoms with Gasteiger partial charge in [0.15, 0.2) is 0 Å². The molecule has 1 heterocycles. The maximum absolute atomic E-state index is 9.84. The molecular weight excluding hydrogens is 320 g/mol. The summed E-state index contributed by atoms with van der Waals surface area (Å²) < 4.78 is 6.47. The summed E-state index contributed by atoms with van der Waals surface area (Å²) in [5, 5.41) is 13.0. The number of pyridine rings is 1. The number of benzene rings is 1. The number of aromatic nitrogens is 1. The Balaban J connectivity index is 1.67. The Bertz CT molecular complexity index is 522. The van der Waals surface area contributed by atoms with Gasteiger partial charge in [0.1, 0.15) is 18.5 Å². The van der Waals surface area contributed by atoms with Gasteiger partial charge in [-0.3, -0.25) is 4.98 Å². The molecule has 1 aromatic heterocycles. The van der Waals surface area contributed by atoms with E-state index in [2.05, 4.69) is 26.2 Å². The number of halogens is 1. The van der Waals surface area contributed by atoms with Crippen LogP contribution in [-0.2, 0) is 6.54 Å². The van der Waals surface area contributed by atoms with E-state index >= 15 is 0 Å². The molecule has 2 N–H and O–H groups in total. The summed E-state index contributed by atoms with van der Waals surface area (Å²) in [6.07, 6.45) is 1.20. The highest BCUT2D eigenvalue weighted by Gasteiger charge is 2.05. The van der Waals surface area contributed by atoms with Crippen LogP contribution >= 0.6 is 15.9 Å². The fourth-order valence-corrected chi connectivity index (χ4v) is 2.06. The van der Waals surface area contributed by atoms with E-state index in [1.807, 2.05) is 42.5 Å². The Morgan fingerprint density at radius 2 is 2.15 bits per heavy atom. The minimum atomic E-state index is -0.558. The van der Waals surface area contributed by atoms with Crippen molar-refractivity contribution in [3.8, 4) is 5.75 Å². The van der Waals surface area contributed by atoms with Crippen LogP contribution in [0.1, 0.15) is 5.69 Å². The van der Waals surface area contributed by atoms with Gasteiger partial charge in [0.2, 0.25) is 0 Å². The Morgan fingerprint density at radius 3 is 2.90 bits per heavy atom. The van der Waals surface area contributed by atoms with Crippen molar-refractivity contribution >= 4 is 15.9 Å². The molecule has 0 radical (unpaired) electrons. The van der Waals surface area contributed by atoms with Gasteiger partial charge in [-0.05, 0) is 30.3 Å². The number of nitrogens with one attached hydrogen (secondary N) is 1. The molecule has 1 atom stereocenters. The van der Waals surface area contributed by atoms with Crippen molar-refractivity contribution in [2.75, 3.05) is 13.2 Å². The van der Waals surface area contributed by atoms with E-state index in [4.69, 9.17) is 4.74 Å². The summed E-state index contributed by atoms with van der Waals surface area (Å²) in [6.45, 7) is 1.35.